The Labute approximate surface area is 120 Å². The third-order valence-electron chi connectivity index (χ3n) is 2.29. The third-order valence-corrected chi connectivity index (χ3v) is 2.60. The summed E-state index contributed by atoms with van der Waals surface area (Å²) in [7, 11) is 0. The molecule has 0 bridgehead atoms. The van der Waals surface area contributed by atoms with E-state index in [1.807, 2.05) is 6.92 Å². The predicted molar refractivity (Wildman–Crippen MR) is 71.7 cm³/mol. The minimum Gasteiger partial charge on any atom is -0.452 e. The van der Waals surface area contributed by atoms with Crippen molar-refractivity contribution in [3.8, 4) is 0 Å². The standard InChI is InChI=1S/C12H13ClN2O5/c1-2-5-14-11(16)7-20-12(17)9-4-3-8(15(18)19)6-10(9)13/h3-4,6H,2,5,7H2,1H3,(H,14,16). The number of hydrogen-bond donors (Lipinski definition) is 1. The first-order valence-electron chi connectivity index (χ1n) is 5.83. The number of carbonyl (C=O) groups is 2. The SMILES string of the molecule is CCCNC(=O)COC(=O)c1ccc([N+](=O)[O-])cc1Cl. The maximum Gasteiger partial charge on any atom is 0.340 e. The molecule has 0 aliphatic rings. The van der Waals surface area contributed by atoms with E-state index >= 15 is 0 Å². The van der Waals surface area contributed by atoms with Gasteiger partial charge >= 0.3 is 5.97 Å². The van der Waals surface area contributed by atoms with Gasteiger partial charge in [0.1, 0.15) is 0 Å². The van der Waals surface area contributed by atoms with Crippen molar-refractivity contribution in [2.75, 3.05) is 13.2 Å². The molecule has 1 aromatic rings. The highest BCUT2D eigenvalue weighted by Crippen LogP contribution is 2.22. The Bertz CT molecular complexity index is 533. The molecule has 0 aromatic heterocycles. The van der Waals surface area contributed by atoms with E-state index in [1.54, 1.807) is 0 Å². The summed E-state index contributed by atoms with van der Waals surface area (Å²) >= 11 is 5.76. The third kappa shape index (κ3) is 4.51. The first-order valence-corrected chi connectivity index (χ1v) is 6.21. The number of carbonyl (C=O) groups excluding carboxylic acids is 2. The molecule has 0 fully saturated rings. The lowest BCUT2D eigenvalue weighted by Gasteiger charge is -2.06. The lowest BCUT2D eigenvalue weighted by Crippen LogP contribution is -2.29. The number of non-ortho nitro benzene ring substituents is 1. The zero-order valence-corrected chi connectivity index (χ0v) is 11.5. The summed E-state index contributed by atoms with van der Waals surface area (Å²) in [5, 5.41) is 13.0. The van der Waals surface area contributed by atoms with Crippen LogP contribution in [0.25, 0.3) is 0 Å². The van der Waals surface area contributed by atoms with Gasteiger partial charge in [-0.15, -0.1) is 0 Å². The Morgan fingerprint density at radius 2 is 2.15 bits per heavy atom. The summed E-state index contributed by atoms with van der Waals surface area (Å²) in [5.41, 5.74) is -0.257. The van der Waals surface area contributed by atoms with Crippen molar-refractivity contribution < 1.29 is 19.2 Å². The second kappa shape index (κ2) is 7.44. The number of amides is 1. The molecule has 0 atom stereocenters. The van der Waals surface area contributed by atoms with Crippen LogP contribution in [0.5, 0.6) is 0 Å². The van der Waals surface area contributed by atoms with Crippen LogP contribution >= 0.6 is 11.6 Å². The Hall–Kier alpha value is -2.15. The maximum absolute atomic E-state index is 11.7. The molecule has 0 radical (unpaired) electrons. The van der Waals surface area contributed by atoms with Gasteiger partial charge in [-0.1, -0.05) is 18.5 Å². The van der Waals surface area contributed by atoms with Gasteiger partial charge in [0.15, 0.2) is 6.61 Å². The topological polar surface area (TPSA) is 98.5 Å². The minimum absolute atomic E-state index is 0.0273. The Morgan fingerprint density at radius 3 is 2.70 bits per heavy atom. The van der Waals surface area contributed by atoms with Gasteiger partial charge in [0.2, 0.25) is 0 Å². The fraction of sp³-hybridized carbons (Fsp3) is 0.333. The molecule has 1 aromatic carbocycles. The normalized spacial score (nSPS) is 9.90. The molecule has 0 saturated heterocycles. The van der Waals surface area contributed by atoms with Crippen LogP contribution in [0.3, 0.4) is 0 Å². The van der Waals surface area contributed by atoms with Crippen LogP contribution in [0.1, 0.15) is 23.7 Å². The highest BCUT2D eigenvalue weighted by Gasteiger charge is 2.16. The molecule has 1 N–H and O–H groups in total. The fourth-order valence-corrected chi connectivity index (χ4v) is 1.56. The summed E-state index contributed by atoms with van der Waals surface area (Å²) in [6.07, 6.45) is 0.772. The summed E-state index contributed by atoms with van der Waals surface area (Å²) in [5.74, 6) is -1.23. The van der Waals surface area contributed by atoms with Crippen molar-refractivity contribution in [3.63, 3.8) is 0 Å². The molecule has 20 heavy (non-hydrogen) atoms. The molecule has 0 aliphatic carbocycles. The van der Waals surface area contributed by atoms with Crippen molar-refractivity contribution in [1.29, 1.82) is 0 Å². The average Bonchev–Trinajstić information content (AvgIpc) is 2.42. The van der Waals surface area contributed by atoms with Crippen molar-refractivity contribution in [1.82, 2.24) is 5.32 Å². The molecule has 7 nitrogen and oxygen atoms in total. The van der Waals surface area contributed by atoms with Crippen molar-refractivity contribution in [2.24, 2.45) is 0 Å². The number of nitro benzene ring substituents is 1. The molecule has 8 heteroatoms. The van der Waals surface area contributed by atoms with Gasteiger partial charge in [0.05, 0.1) is 15.5 Å². The van der Waals surface area contributed by atoms with Gasteiger partial charge in [0, 0.05) is 18.7 Å². The predicted octanol–water partition coefficient (Wildman–Crippen LogP) is 1.93. The van der Waals surface area contributed by atoms with E-state index in [4.69, 9.17) is 16.3 Å². The highest BCUT2D eigenvalue weighted by molar-refractivity contribution is 6.33. The van der Waals surface area contributed by atoms with E-state index in [9.17, 15) is 19.7 Å². The van der Waals surface area contributed by atoms with Gasteiger partial charge in [-0.3, -0.25) is 14.9 Å². The second-order valence-corrected chi connectivity index (χ2v) is 4.25. The quantitative estimate of drug-likeness (QED) is 0.491. The second-order valence-electron chi connectivity index (χ2n) is 3.85. The van der Waals surface area contributed by atoms with Gasteiger partial charge in [-0.25, -0.2) is 4.79 Å². The van der Waals surface area contributed by atoms with Crippen molar-refractivity contribution in [3.05, 3.63) is 38.9 Å². The molecule has 0 heterocycles. The van der Waals surface area contributed by atoms with Gasteiger partial charge < -0.3 is 10.1 Å². The molecule has 108 valence electrons. The number of nitrogens with zero attached hydrogens (tertiary/aromatic N) is 1. The van der Waals surface area contributed by atoms with Gasteiger partial charge in [-0.2, -0.15) is 0 Å². The van der Waals surface area contributed by atoms with Crippen LogP contribution in [-0.4, -0.2) is 30.0 Å². The summed E-state index contributed by atoms with van der Waals surface area (Å²) in [6, 6.07) is 3.38. The van der Waals surface area contributed by atoms with Crippen LogP contribution in [-0.2, 0) is 9.53 Å². The molecular formula is C12H13ClN2O5. The number of benzene rings is 1. The lowest BCUT2D eigenvalue weighted by atomic mass is 10.2. The molecule has 1 amide bonds. The fourth-order valence-electron chi connectivity index (χ4n) is 1.31. The van der Waals surface area contributed by atoms with E-state index in [1.165, 1.54) is 6.07 Å². The van der Waals surface area contributed by atoms with E-state index in [2.05, 4.69) is 5.32 Å². The highest BCUT2D eigenvalue weighted by atomic mass is 35.5. The largest absolute Gasteiger partial charge is 0.452 e. The summed E-state index contributed by atoms with van der Waals surface area (Å²) < 4.78 is 4.76. The number of halogens is 1. The van der Waals surface area contributed by atoms with E-state index in [0.29, 0.717) is 6.54 Å². The molecule has 0 saturated carbocycles. The number of rotatable bonds is 6. The van der Waals surface area contributed by atoms with E-state index < -0.39 is 23.4 Å². The lowest BCUT2D eigenvalue weighted by molar-refractivity contribution is -0.384. The van der Waals surface area contributed by atoms with Crippen LogP contribution in [0.4, 0.5) is 5.69 Å². The number of hydrogen-bond acceptors (Lipinski definition) is 5. The van der Waals surface area contributed by atoms with Gasteiger partial charge in [-0.05, 0) is 12.5 Å². The van der Waals surface area contributed by atoms with Crippen LogP contribution in [0.2, 0.25) is 5.02 Å². The van der Waals surface area contributed by atoms with E-state index in [0.717, 1.165) is 18.6 Å². The number of ether oxygens (including phenoxy) is 1. The molecule has 0 aliphatic heterocycles. The average molecular weight is 301 g/mol. The first-order chi connectivity index (χ1) is 9.45. The summed E-state index contributed by atoms with van der Waals surface area (Å²) in [4.78, 5) is 32.8. The molecule has 1 rings (SSSR count). The zero-order chi connectivity index (χ0) is 15.1. The summed E-state index contributed by atoms with van der Waals surface area (Å²) in [6.45, 7) is 1.96. The van der Waals surface area contributed by atoms with E-state index in [-0.39, 0.29) is 16.3 Å². The van der Waals surface area contributed by atoms with Crippen molar-refractivity contribution in [2.45, 2.75) is 13.3 Å². The van der Waals surface area contributed by atoms with Crippen LogP contribution in [0.15, 0.2) is 18.2 Å². The van der Waals surface area contributed by atoms with Crippen LogP contribution < -0.4 is 5.32 Å². The monoisotopic (exact) mass is 300 g/mol. The Kier molecular flexibility index (Phi) is 5.92. The maximum atomic E-state index is 11.7. The Balaban J connectivity index is 2.64. The van der Waals surface area contributed by atoms with Crippen molar-refractivity contribution >= 4 is 29.2 Å². The molecular weight excluding hydrogens is 288 g/mol. The van der Waals surface area contributed by atoms with Crippen LogP contribution in [0, 0.1) is 10.1 Å². The first kappa shape index (κ1) is 15.9. The number of nitro groups is 1. The zero-order valence-electron chi connectivity index (χ0n) is 10.7. The Morgan fingerprint density at radius 1 is 1.45 bits per heavy atom. The molecule has 0 unspecified atom stereocenters. The number of esters is 1. The smallest absolute Gasteiger partial charge is 0.340 e. The molecule has 0 spiro atoms. The minimum atomic E-state index is -0.809. The number of nitrogens with one attached hydrogen (secondary N) is 1. The van der Waals surface area contributed by atoms with Gasteiger partial charge in [0.25, 0.3) is 11.6 Å².